The molecule has 1 aliphatic carbocycles. The van der Waals surface area contributed by atoms with Gasteiger partial charge in [0.05, 0.1) is 11.1 Å². The van der Waals surface area contributed by atoms with E-state index in [0.717, 1.165) is 0 Å². The van der Waals surface area contributed by atoms with Gasteiger partial charge in [-0.1, -0.05) is 41.6 Å². The molecule has 1 heterocycles. The van der Waals surface area contributed by atoms with Crippen molar-refractivity contribution in [2.24, 2.45) is 0 Å². The fourth-order valence-corrected chi connectivity index (χ4v) is 3.91. The van der Waals surface area contributed by atoms with Gasteiger partial charge < -0.3 is 10.4 Å². The molecule has 152 valence electrons. The highest BCUT2D eigenvalue weighted by Crippen LogP contribution is 2.32. The first kappa shape index (κ1) is 18.7. The quantitative estimate of drug-likeness (QED) is 0.529. The van der Waals surface area contributed by atoms with Crippen molar-refractivity contribution in [2.45, 2.75) is 12.1 Å². The predicted octanol–water partition coefficient (Wildman–Crippen LogP) is 3.23. The second-order valence-electron chi connectivity index (χ2n) is 7.25. The molecule has 0 saturated heterocycles. The Hall–Kier alpha value is -4.33. The Balaban J connectivity index is 1.63. The molecular formula is C23H16N4O4. The number of benzene rings is 3. The molecule has 2 atom stereocenters. The number of fused-ring (bicyclic) bond motifs is 2. The number of nitrogens with zero attached hydrogens (tertiary/aromatic N) is 3. The minimum atomic E-state index is -1.05. The maximum absolute atomic E-state index is 13.5. The third kappa shape index (κ3) is 3.05. The first-order valence-electron chi connectivity index (χ1n) is 9.62. The third-order valence-electron chi connectivity index (χ3n) is 5.42. The summed E-state index contributed by atoms with van der Waals surface area (Å²) in [5.74, 6) is -1.54. The molecule has 0 spiro atoms. The van der Waals surface area contributed by atoms with Crippen LogP contribution < -0.4 is 5.32 Å². The number of para-hydroxylation sites is 1. The van der Waals surface area contributed by atoms with E-state index in [9.17, 15) is 14.4 Å². The SMILES string of the molecule is O=C(O)c1ccc(NC2C(=O)c3ccccc3C(=O)C2n2nnc3ccccc32)cc1. The predicted molar refractivity (Wildman–Crippen MR) is 112 cm³/mol. The van der Waals surface area contributed by atoms with Crippen molar-refractivity contribution in [2.75, 3.05) is 5.32 Å². The zero-order chi connectivity index (χ0) is 21.5. The van der Waals surface area contributed by atoms with E-state index in [1.165, 1.54) is 16.8 Å². The van der Waals surface area contributed by atoms with Crippen molar-refractivity contribution < 1.29 is 19.5 Å². The first-order chi connectivity index (χ1) is 15.0. The molecule has 0 radical (unpaired) electrons. The van der Waals surface area contributed by atoms with Crippen LogP contribution in [0.5, 0.6) is 0 Å². The minimum absolute atomic E-state index is 0.126. The molecule has 0 aliphatic heterocycles. The Labute approximate surface area is 176 Å². The van der Waals surface area contributed by atoms with Crippen molar-refractivity contribution in [1.29, 1.82) is 0 Å². The van der Waals surface area contributed by atoms with Crippen LogP contribution in [0, 0.1) is 0 Å². The molecule has 8 nitrogen and oxygen atoms in total. The number of rotatable bonds is 4. The fourth-order valence-electron chi connectivity index (χ4n) is 3.91. The van der Waals surface area contributed by atoms with Gasteiger partial charge in [-0.25, -0.2) is 9.48 Å². The van der Waals surface area contributed by atoms with Crippen LogP contribution in [-0.2, 0) is 0 Å². The highest BCUT2D eigenvalue weighted by Gasteiger charge is 2.43. The number of aromatic nitrogens is 3. The summed E-state index contributed by atoms with van der Waals surface area (Å²) in [5, 5.41) is 20.6. The Kier molecular flexibility index (Phi) is 4.32. The number of hydrogen-bond acceptors (Lipinski definition) is 6. The molecule has 0 saturated carbocycles. The Morgan fingerprint density at radius 2 is 1.52 bits per heavy atom. The smallest absolute Gasteiger partial charge is 0.335 e. The van der Waals surface area contributed by atoms with Gasteiger partial charge in [-0.3, -0.25) is 9.59 Å². The van der Waals surface area contributed by atoms with Crippen molar-refractivity contribution in [3.05, 3.63) is 89.5 Å². The summed E-state index contributed by atoms with van der Waals surface area (Å²) in [5.41, 5.74) is 2.59. The van der Waals surface area contributed by atoms with E-state index < -0.39 is 18.1 Å². The van der Waals surface area contributed by atoms with Gasteiger partial charge in [0.1, 0.15) is 17.6 Å². The second kappa shape index (κ2) is 7.17. The Morgan fingerprint density at radius 1 is 0.871 bits per heavy atom. The monoisotopic (exact) mass is 412 g/mol. The van der Waals surface area contributed by atoms with Crippen molar-refractivity contribution in [3.8, 4) is 0 Å². The summed E-state index contributed by atoms with van der Waals surface area (Å²) in [6.07, 6.45) is 0. The van der Waals surface area contributed by atoms with E-state index in [4.69, 9.17) is 5.11 Å². The Bertz CT molecular complexity index is 1340. The van der Waals surface area contributed by atoms with E-state index in [2.05, 4.69) is 15.6 Å². The molecule has 2 N–H and O–H groups in total. The number of carboxylic acid groups (broad SMARTS) is 1. The standard InChI is InChI=1S/C23H16N4O4/c28-21-15-5-1-2-6-16(15)22(29)20(27-18-8-4-3-7-17(18)25-26-27)19(21)24-14-11-9-13(10-12-14)23(30)31/h1-12,19-20,24H,(H,30,31). The lowest BCUT2D eigenvalue weighted by Crippen LogP contribution is -2.47. The first-order valence-corrected chi connectivity index (χ1v) is 9.62. The molecule has 0 fully saturated rings. The zero-order valence-electron chi connectivity index (χ0n) is 16.1. The molecule has 0 bridgehead atoms. The molecule has 3 aromatic carbocycles. The van der Waals surface area contributed by atoms with Gasteiger partial charge >= 0.3 is 5.97 Å². The van der Waals surface area contributed by atoms with Crippen LogP contribution in [0.15, 0.2) is 72.8 Å². The number of carbonyl (C=O) groups excluding carboxylic acids is 2. The van der Waals surface area contributed by atoms with Gasteiger partial charge in [0.2, 0.25) is 0 Å². The lowest BCUT2D eigenvalue weighted by atomic mass is 9.82. The van der Waals surface area contributed by atoms with Gasteiger partial charge in [0.25, 0.3) is 0 Å². The minimum Gasteiger partial charge on any atom is -0.478 e. The summed E-state index contributed by atoms with van der Waals surface area (Å²) >= 11 is 0. The highest BCUT2D eigenvalue weighted by molar-refractivity contribution is 6.19. The molecule has 0 amide bonds. The van der Waals surface area contributed by atoms with E-state index in [1.807, 2.05) is 12.1 Å². The highest BCUT2D eigenvalue weighted by atomic mass is 16.4. The molecular weight excluding hydrogens is 396 g/mol. The number of carboxylic acids is 1. The summed E-state index contributed by atoms with van der Waals surface area (Å²) in [4.78, 5) is 38.0. The lowest BCUT2D eigenvalue weighted by molar-refractivity contribution is 0.0696. The fraction of sp³-hybridized carbons (Fsp3) is 0.0870. The topological polar surface area (TPSA) is 114 Å². The molecule has 4 aromatic rings. The van der Waals surface area contributed by atoms with Crippen LogP contribution in [0.25, 0.3) is 11.0 Å². The Morgan fingerprint density at radius 3 is 2.23 bits per heavy atom. The average Bonchev–Trinajstić information content (AvgIpc) is 3.21. The number of hydrogen-bond donors (Lipinski definition) is 2. The van der Waals surface area contributed by atoms with Crippen molar-refractivity contribution in [1.82, 2.24) is 15.0 Å². The molecule has 31 heavy (non-hydrogen) atoms. The number of ketones is 2. The van der Waals surface area contributed by atoms with E-state index >= 15 is 0 Å². The summed E-state index contributed by atoms with van der Waals surface area (Å²) < 4.78 is 1.48. The van der Waals surface area contributed by atoms with Crippen LogP contribution in [0.1, 0.15) is 37.1 Å². The second-order valence-corrected chi connectivity index (χ2v) is 7.25. The molecule has 1 aliphatic rings. The summed E-state index contributed by atoms with van der Waals surface area (Å²) in [6, 6.07) is 18.1. The number of aromatic carboxylic acids is 1. The van der Waals surface area contributed by atoms with Gasteiger partial charge in [-0.2, -0.15) is 0 Å². The van der Waals surface area contributed by atoms with Gasteiger partial charge in [-0.15, -0.1) is 5.10 Å². The normalized spacial score (nSPS) is 18.1. The van der Waals surface area contributed by atoms with Gasteiger partial charge in [-0.05, 0) is 36.4 Å². The van der Waals surface area contributed by atoms with E-state index in [-0.39, 0.29) is 17.1 Å². The molecule has 5 rings (SSSR count). The maximum atomic E-state index is 13.5. The summed E-state index contributed by atoms with van der Waals surface area (Å²) in [7, 11) is 0. The lowest BCUT2D eigenvalue weighted by Gasteiger charge is -2.32. The van der Waals surface area contributed by atoms with E-state index in [1.54, 1.807) is 48.5 Å². The third-order valence-corrected chi connectivity index (χ3v) is 5.42. The maximum Gasteiger partial charge on any atom is 0.335 e. The van der Waals surface area contributed by atoms with Gasteiger partial charge in [0.15, 0.2) is 11.6 Å². The number of carbonyl (C=O) groups is 3. The molecule has 1 aromatic heterocycles. The number of anilines is 1. The van der Waals surface area contributed by atoms with Crippen LogP contribution >= 0.6 is 0 Å². The summed E-state index contributed by atoms with van der Waals surface area (Å²) in [6.45, 7) is 0. The van der Waals surface area contributed by atoms with Gasteiger partial charge in [0, 0.05) is 16.8 Å². The number of nitrogens with one attached hydrogen (secondary N) is 1. The van der Waals surface area contributed by atoms with Crippen LogP contribution in [0.3, 0.4) is 0 Å². The van der Waals surface area contributed by atoms with Crippen LogP contribution in [0.4, 0.5) is 5.69 Å². The van der Waals surface area contributed by atoms with Crippen molar-refractivity contribution >= 4 is 34.3 Å². The van der Waals surface area contributed by atoms with E-state index in [0.29, 0.717) is 27.8 Å². The molecule has 8 heteroatoms. The number of Topliss-reactive ketones (excluding diaryl/α,β-unsaturated/α-hetero) is 2. The van der Waals surface area contributed by atoms with Crippen LogP contribution in [0.2, 0.25) is 0 Å². The van der Waals surface area contributed by atoms with Crippen molar-refractivity contribution in [3.63, 3.8) is 0 Å². The average molecular weight is 412 g/mol. The largest absolute Gasteiger partial charge is 0.478 e. The zero-order valence-corrected chi connectivity index (χ0v) is 16.1. The molecule has 2 unspecified atom stereocenters. The van der Waals surface area contributed by atoms with Crippen LogP contribution in [-0.4, -0.2) is 43.7 Å².